The molecule has 0 aliphatic heterocycles. The van der Waals surface area contributed by atoms with E-state index in [0.717, 1.165) is 36.7 Å². The number of amides is 1. The molecule has 0 saturated heterocycles. The zero-order valence-electron chi connectivity index (χ0n) is 13.2. The van der Waals surface area contributed by atoms with E-state index in [0.29, 0.717) is 11.3 Å². The van der Waals surface area contributed by atoms with E-state index in [9.17, 15) is 4.79 Å². The molecule has 1 aromatic carbocycles. The van der Waals surface area contributed by atoms with Crippen LogP contribution in [0.2, 0.25) is 0 Å². The number of nitrogens with zero attached hydrogens (tertiary/aromatic N) is 1. The van der Waals surface area contributed by atoms with Crippen LogP contribution in [0.15, 0.2) is 39.5 Å². The maximum absolute atomic E-state index is 12.7. The second-order valence-corrected chi connectivity index (χ2v) is 6.22. The van der Waals surface area contributed by atoms with Crippen LogP contribution in [0.4, 0.5) is 5.88 Å². The number of carbonyl (C=O) groups excluding carboxylic acids is 1. The maximum Gasteiger partial charge on any atom is 0.259 e. The Morgan fingerprint density at radius 2 is 2.00 bits per heavy atom. The van der Waals surface area contributed by atoms with Gasteiger partial charge in [0.2, 0.25) is 5.88 Å². The highest BCUT2D eigenvalue weighted by Crippen LogP contribution is 2.34. The molecular weight excluding hydrogens is 306 g/mol. The quantitative estimate of drug-likeness (QED) is 0.765. The lowest BCUT2D eigenvalue weighted by Crippen LogP contribution is -2.36. The number of nitrogen functional groups attached to an aromatic ring is 1. The number of nitrogens with two attached hydrogens (primary N) is 1. The zero-order chi connectivity index (χ0) is 16.5. The second-order valence-electron chi connectivity index (χ2n) is 6.22. The molecule has 3 aromatic rings. The molecule has 2 heterocycles. The van der Waals surface area contributed by atoms with Crippen LogP contribution in [-0.4, -0.2) is 17.1 Å². The predicted molar refractivity (Wildman–Crippen MR) is 90.5 cm³/mol. The molecule has 0 radical (unpaired) electrons. The van der Waals surface area contributed by atoms with Crippen molar-refractivity contribution >= 4 is 22.8 Å². The van der Waals surface area contributed by atoms with Gasteiger partial charge in [-0.3, -0.25) is 4.79 Å². The largest absolute Gasteiger partial charge is 0.464 e. The molecule has 124 valence electrons. The first kappa shape index (κ1) is 14.8. The molecule has 1 aliphatic rings. The summed E-state index contributed by atoms with van der Waals surface area (Å²) in [5.74, 6) is -0.204. The number of rotatable bonds is 3. The lowest BCUT2D eigenvalue weighted by atomic mass is 9.95. The number of para-hydroxylation sites is 1. The SMILES string of the molecule is Nc1onc(-c2coc3ccccc23)c1C(=O)NC1CCCCC1. The van der Waals surface area contributed by atoms with Crippen molar-refractivity contribution in [1.82, 2.24) is 10.5 Å². The summed E-state index contributed by atoms with van der Waals surface area (Å²) in [6.07, 6.45) is 7.10. The van der Waals surface area contributed by atoms with Crippen LogP contribution in [0.25, 0.3) is 22.2 Å². The number of furan rings is 1. The summed E-state index contributed by atoms with van der Waals surface area (Å²) in [7, 11) is 0. The molecule has 3 N–H and O–H groups in total. The van der Waals surface area contributed by atoms with Gasteiger partial charge in [-0.2, -0.15) is 0 Å². The number of anilines is 1. The Kier molecular flexibility index (Phi) is 3.72. The summed E-state index contributed by atoms with van der Waals surface area (Å²) in [5.41, 5.74) is 8.02. The molecule has 24 heavy (non-hydrogen) atoms. The van der Waals surface area contributed by atoms with Gasteiger partial charge in [-0.25, -0.2) is 0 Å². The van der Waals surface area contributed by atoms with Crippen molar-refractivity contribution in [3.8, 4) is 11.3 Å². The van der Waals surface area contributed by atoms with E-state index in [1.807, 2.05) is 24.3 Å². The highest BCUT2D eigenvalue weighted by atomic mass is 16.5. The Labute approximate surface area is 139 Å². The Morgan fingerprint density at radius 1 is 1.21 bits per heavy atom. The van der Waals surface area contributed by atoms with Gasteiger partial charge >= 0.3 is 0 Å². The smallest absolute Gasteiger partial charge is 0.259 e. The van der Waals surface area contributed by atoms with Crippen molar-refractivity contribution in [3.63, 3.8) is 0 Å². The third-order valence-electron chi connectivity index (χ3n) is 4.62. The molecule has 2 aromatic heterocycles. The third kappa shape index (κ3) is 2.54. The van der Waals surface area contributed by atoms with Crippen LogP contribution in [0.5, 0.6) is 0 Å². The Hall–Kier alpha value is -2.76. The summed E-state index contributed by atoms with van der Waals surface area (Å²) < 4.78 is 10.6. The average Bonchev–Trinajstić information content (AvgIpc) is 3.19. The molecule has 1 fully saturated rings. The van der Waals surface area contributed by atoms with Gasteiger partial charge in [0.25, 0.3) is 5.91 Å². The van der Waals surface area contributed by atoms with Gasteiger partial charge in [-0.05, 0) is 18.9 Å². The minimum absolute atomic E-state index is 0.0311. The van der Waals surface area contributed by atoms with Crippen LogP contribution in [0.1, 0.15) is 42.5 Å². The topological polar surface area (TPSA) is 94.3 Å². The van der Waals surface area contributed by atoms with Crippen molar-refractivity contribution in [2.75, 3.05) is 5.73 Å². The molecule has 6 nitrogen and oxygen atoms in total. The van der Waals surface area contributed by atoms with E-state index in [4.69, 9.17) is 14.7 Å². The number of hydrogen-bond acceptors (Lipinski definition) is 5. The Morgan fingerprint density at radius 3 is 2.83 bits per heavy atom. The average molecular weight is 325 g/mol. The van der Waals surface area contributed by atoms with Crippen molar-refractivity contribution < 1.29 is 13.7 Å². The molecule has 0 atom stereocenters. The van der Waals surface area contributed by atoms with Crippen molar-refractivity contribution in [1.29, 1.82) is 0 Å². The molecule has 0 bridgehead atoms. The summed E-state index contributed by atoms with van der Waals surface area (Å²) >= 11 is 0. The van der Waals surface area contributed by atoms with E-state index in [2.05, 4.69) is 10.5 Å². The summed E-state index contributed by atoms with van der Waals surface area (Å²) in [6.45, 7) is 0. The van der Waals surface area contributed by atoms with Crippen LogP contribution >= 0.6 is 0 Å². The van der Waals surface area contributed by atoms with E-state index in [1.165, 1.54) is 6.42 Å². The second kappa shape index (κ2) is 6.03. The van der Waals surface area contributed by atoms with Gasteiger partial charge in [0.05, 0.1) is 5.56 Å². The van der Waals surface area contributed by atoms with Gasteiger partial charge in [0.15, 0.2) is 0 Å². The minimum atomic E-state index is -0.235. The van der Waals surface area contributed by atoms with Crippen LogP contribution in [0, 0.1) is 0 Å². The van der Waals surface area contributed by atoms with Gasteiger partial charge in [0.1, 0.15) is 23.1 Å². The number of aromatic nitrogens is 1. The van der Waals surface area contributed by atoms with E-state index in [-0.39, 0.29) is 23.4 Å². The Balaban J connectivity index is 1.69. The molecule has 1 amide bonds. The maximum atomic E-state index is 12.7. The number of nitrogens with one attached hydrogen (secondary N) is 1. The lowest BCUT2D eigenvalue weighted by molar-refractivity contribution is 0.0929. The first-order valence-corrected chi connectivity index (χ1v) is 8.26. The van der Waals surface area contributed by atoms with Crippen molar-refractivity contribution in [3.05, 3.63) is 36.1 Å². The van der Waals surface area contributed by atoms with Gasteiger partial charge in [0, 0.05) is 11.4 Å². The first-order chi connectivity index (χ1) is 11.7. The lowest BCUT2D eigenvalue weighted by Gasteiger charge is -2.22. The monoisotopic (exact) mass is 325 g/mol. The highest BCUT2D eigenvalue weighted by molar-refractivity contribution is 6.07. The van der Waals surface area contributed by atoms with Crippen LogP contribution in [-0.2, 0) is 0 Å². The molecule has 1 saturated carbocycles. The summed E-state index contributed by atoms with van der Waals surface area (Å²) in [6, 6.07) is 7.77. The molecule has 1 aliphatic carbocycles. The minimum Gasteiger partial charge on any atom is -0.464 e. The van der Waals surface area contributed by atoms with Crippen molar-refractivity contribution in [2.24, 2.45) is 0 Å². The summed E-state index contributed by atoms with van der Waals surface area (Å²) in [4.78, 5) is 12.7. The fraction of sp³-hybridized carbons (Fsp3) is 0.333. The Bertz CT molecular complexity index is 875. The standard InChI is InChI=1S/C18H19N3O3/c19-17-15(18(22)20-11-6-2-1-3-7-11)16(21-24-17)13-10-23-14-9-5-4-8-12(13)14/h4-5,8-11H,1-3,6-7,19H2,(H,20,22). The van der Waals surface area contributed by atoms with Crippen LogP contribution in [0.3, 0.4) is 0 Å². The third-order valence-corrected chi connectivity index (χ3v) is 4.62. The number of fused-ring (bicyclic) bond motifs is 1. The molecule has 4 rings (SSSR count). The highest BCUT2D eigenvalue weighted by Gasteiger charge is 2.27. The molecule has 0 spiro atoms. The van der Waals surface area contributed by atoms with Gasteiger partial charge in [-0.15, -0.1) is 0 Å². The fourth-order valence-corrected chi connectivity index (χ4v) is 3.37. The number of hydrogen-bond donors (Lipinski definition) is 2. The number of carbonyl (C=O) groups is 1. The van der Waals surface area contributed by atoms with Crippen molar-refractivity contribution in [2.45, 2.75) is 38.1 Å². The molecular formula is C18H19N3O3. The first-order valence-electron chi connectivity index (χ1n) is 8.26. The van der Waals surface area contributed by atoms with Crippen LogP contribution < -0.4 is 11.1 Å². The predicted octanol–water partition coefficient (Wildman–Crippen LogP) is 3.73. The van der Waals surface area contributed by atoms with Gasteiger partial charge in [-0.1, -0.05) is 42.6 Å². The zero-order valence-corrected chi connectivity index (χ0v) is 13.2. The summed E-state index contributed by atoms with van der Waals surface area (Å²) in [5, 5.41) is 7.94. The van der Waals surface area contributed by atoms with E-state index >= 15 is 0 Å². The molecule has 6 heteroatoms. The fourth-order valence-electron chi connectivity index (χ4n) is 3.37. The normalized spacial score (nSPS) is 15.7. The molecule has 0 unspecified atom stereocenters. The van der Waals surface area contributed by atoms with E-state index in [1.54, 1.807) is 6.26 Å². The van der Waals surface area contributed by atoms with E-state index < -0.39 is 0 Å². The number of benzene rings is 1. The van der Waals surface area contributed by atoms with Gasteiger partial charge < -0.3 is 20.0 Å².